The van der Waals surface area contributed by atoms with E-state index in [-0.39, 0.29) is 0 Å². The SMILES string of the molecule is c1ccc2c(NCCC3COCCN3)csc2c1. The van der Waals surface area contributed by atoms with Crippen LogP contribution in [0.15, 0.2) is 29.6 Å². The van der Waals surface area contributed by atoms with Gasteiger partial charge < -0.3 is 15.4 Å². The fourth-order valence-corrected chi connectivity index (χ4v) is 3.22. The standard InChI is InChI=1S/C14H18N2OS/c1-2-4-14-12(3-1)13(10-18-14)16-6-5-11-9-17-8-7-15-11/h1-4,10-11,15-16H,5-9H2. The number of rotatable bonds is 4. The molecular weight excluding hydrogens is 244 g/mol. The Morgan fingerprint density at radius 1 is 1.39 bits per heavy atom. The molecule has 0 saturated carbocycles. The maximum Gasteiger partial charge on any atom is 0.0620 e. The van der Waals surface area contributed by atoms with Crippen molar-refractivity contribution in [2.24, 2.45) is 0 Å². The summed E-state index contributed by atoms with van der Waals surface area (Å²) >= 11 is 1.80. The van der Waals surface area contributed by atoms with Crippen LogP contribution in [0.1, 0.15) is 6.42 Å². The van der Waals surface area contributed by atoms with Crippen LogP contribution >= 0.6 is 11.3 Å². The monoisotopic (exact) mass is 262 g/mol. The van der Waals surface area contributed by atoms with E-state index in [0.717, 1.165) is 32.7 Å². The molecule has 1 aliphatic heterocycles. The summed E-state index contributed by atoms with van der Waals surface area (Å²) in [6.07, 6.45) is 1.10. The van der Waals surface area contributed by atoms with E-state index < -0.39 is 0 Å². The predicted molar refractivity (Wildman–Crippen MR) is 77.5 cm³/mol. The van der Waals surface area contributed by atoms with Crippen molar-refractivity contribution in [2.45, 2.75) is 12.5 Å². The van der Waals surface area contributed by atoms with E-state index in [0.29, 0.717) is 6.04 Å². The molecule has 0 aliphatic carbocycles. The number of fused-ring (bicyclic) bond motifs is 1. The lowest BCUT2D eigenvalue weighted by molar-refractivity contribution is 0.0753. The summed E-state index contributed by atoms with van der Waals surface area (Å²) in [5.74, 6) is 0. The number of hydrogen-bond donors (Lipinski definition) is 2. The first-order valence-corrected chi connectivity index (χ1v) is 7.33. The van der Waals surface area contributed by atoms with Gasteiger partial charge in [-0.1, -0.05) is 18.2 Å². The molecule has 0 bridgehead atoms. The minimum atomic E-state index is 0.496. The van der Waals surface area contributed by atoms with Gasteiger partial charge >= 0.3 is 0 Å². The van der Waals surface area contributed by atoms with E-state index in [4.69, 9.17) is 4.74 Å². The van der Waals surface area contributed by atoms with Gasteiger partial charge in [-0.05, 0) is 12.5 Å². The summed E-state index contributed by atoms with van der Waals surface area (Å²) in [5, 5.41) is 10.5. The number of thiophene rings is 1. The summed E-state index contributed by atoms with van der Waals surface area (Å²) in [5.41, 5.74) is 1.26. The highest BCUT2D eigenvalue weighted by molar-refractivity contribution is 7.17. The Bertz CT molecular complexity index is 505. The smallest absolute Gasteiger partial charge is 0.0620 e. The van der Waals surface area contributed by atoms with Crippen molar-refractivity contribution in [3.8, 4) is 0 Å². The lowest BCUT2D eigenvalue weighted by Crippen LogP contribution is -2.42. The average molecular weight is 262 g/mol. The zero-order valence-corrected chi connectivity index (χ0v) is 11.1. The molecule has 2 aromatic rings. The van der Waals surface area contributed by atoms with Crippen LogP contribution in [0.2, 0.25) is 0 Å². The Balaban J connectivity index is 1.56. The molecule has 3 nitrogen and oxygen atoms in total. The second kappa shape index (κ2) is 5.69. The first-order valence-electron chi connectivity index (χ1n) is 6.45. The quantitative estimate of drug-likeness (QED) is 0.889. The predicted octanol–water partition coefficient (Wildman–Crippen LogP) is 2.69. The lowest BCUT2D eigenvalue weighted by atomic mass is 10.2. The van der Waals surface area contributed by atoms with Gasteiger partial charge in [0.25, 0.3) is 0 Å². The van der Waals surface area contributed by atoms with Crippen molar-refractivity contribution < 1.29 is 4.74 Å². The largest absolute Gasteiger partial charge is 0.384 e. The molecule has 2 N–H and O–H groups in total. The van der Waals surface area contributed by atoms with Crippen LogP contribution in [0, 0.1) is 0 Å². The van der Waals surface area contributed by atoms with Crippen molar-refractivity contribution in [1.82, 2.24) is 5.32 Å². The molecule has 1 aliphatic rings. The minimum Gasteiger partial charge on any atom is -0.384 e. The van der Waals surface area contributed by atoms with Crippen molar-refractivity contribution in [1.29, 1.82) is 0 Å². The summed E-state index contributed by atoms with van der Waals surface area (Å²) < 4.78 is 6.80. The molecule has 4 heteroatoms. The van der Waals surface area contributed by atoms with Gasteiger partial charge in [-0.2, -0.15) is 0 Å². The summed E-state index contributed by atoms with van der Waals surface area (Å²) in [6, 6.07) is 9.02. The van der Waals surface area contributed by atoms with Crippen molar-refractivity contribution in [3.05, 3.63) is 29.6 Å². The van der Waals surface area contributed by atoms with Crippen LogP contribution in [0.3, 0.4) is 0 Å². The third-order valence-corrected chi connectivity index (χ3v) is 4.25. The van der Waals surface area contributed by atoms with E-state index in [1.165, 1.54) is 15.8 Å². The van der Waals surface area contributed by atoms with E-state index in [2.05, 4.69) is 40.3 Å². The zero-order valence-electron chi connectivity index (χ0n) is 10.3. The molecule has 1 atom stereocenters. The molecule has 1 aromatic carbocycles. The molecular formula is C14H18N2OS. The number of anilines is 1. The minimum absolute atomic E-state index is 0.496. The Morgan fingerprint density at radius 3 is 3.22 bits per heavy atom. The van der Waals surface area contributed by atoms with Gasteiger partial charge in [0.15, 0.2) is 0 Å². The van der Waals surface area contributed by atoms with Gasteiger partial charge in [0.05, 0.1) is 18.9 Å². The van der Waals surface area contributed by atoms with Gasteiger partial charge in [0.1, 0.15) is 0 Å². The number of nitrogens with one attached hydrogen (secondary N) is 2. The van der Waals surface area contributed by atoms with Crippen molar-refractivity contribution in [2.75, 3.05) is 31.6 Å². The van der Waals surface area contributed by atoms with Gasteiger partial charge in [0.2, 0.25) is 0 Å². The fourth-order valence-electron chi connectivity index (χ4n) is 2.30. The summed E-state index contributed by atoms with van der Waals surface area (Å²) in [7, 11) is 0. The van der Waals surface area contributed by atoms with Gasteiger partial charge in [-0.15, -0.1) is 11.3 Å². The molecule has 3 rings (SSSR count). The maximum absolute atomic E-state index is 5.45. The molecule has 2 heterocycles. The second-order valence-electron chi connectivity index (χ2n) is 4.59. The Hall–Kier alpha value is -1.10. The normalized spacial score (nSPS) is 20.1. The van der Waals surface area contributed by atoms with Crippen LogP contribution in [0.25, 0.3) is 10.1 Å². The first kappa shape index (κ1) is 12.0. The third-order valence-electron chi connectivity index (χ3n) is 3.29. The molecule has 0 radical (unpaired) electrons. The topological polar surface area (TPSA) is 33.3 Å². The molecule has 1 saturated heterocycles. The molecule has 1 unspecified atom stereocenters. The molecule has 1 aromatic heterocycles. The fraction of sp³-hybridized carbons (Fsp3) is 0.429. The van der Waals surface area contributed by atoms with Gasteiger partial charge in [0, 0.05) is 34.6 Å². The third kappa shape index (κ3) is 2.66. The van der Waals surface area contributed by atoms with Crippen LogP contribution in [-0.2, 0) is 4.74 Å². The van der Waals surface area contributed by atoms with Crippen LogP contribution in [0.4, 0.5) is 5.69 Å². The molecule has 18 heavy (non-hydrogen) atoms. The number of ether oxygens (including phenoxy) is 1. The first-order chi connectivity index (χ1) is 8.93. The highest BCUT2D eigenvalue weighted by Gasteiger charge is 2.12. The van der Waals surface area contributed by atoms with Gasteiger partial charge in [-0.25, -0.2) is 0 Å². The average Bonchev–Trinajstić information content (AvgIpc) is 2.84. The summed E-state index contributed by atoms with van der Waals surface area (Å²) in [4.78, 5) is 0. The second-order valence-corrected chi connectivity index (χ2v) is 5.50. The maximum atomic E-state index is 5.45. The summed E-state index contributed by atoms with van der Waals surface area (Å²) in [6.45, 7) is 3.65. The molecule has 0 amide bonds. The number of benzene rings is 1. The highest BCUT2D eigenvalue weighted by Crippen LogP contribution is 2.29. The van der Waals surface area contributed by atoms with Crippen LogP contribution in [0.5, 0.6) is 0 Å². The Kier molecular flexibility index (Phi) is 3.78. The lowest BCUT2D eigenvalue weighted by Gasteiger charge is -2.23. The van der Waals surface area contributed by atoms with Crippen LogP contribution in [-0.4, -0.2) is 32.3 Å². The van der Waals surface area contributed by atoms with Crippen molar-refractivity contribution >= 4 is 27.1 Å². The molecule has 1 fully saturated rings. The van der Waals surface area contributed by atoms with E-state index >= 15 is 0 Å². The molecule has 96 valence electrons. The number of morpholine rings is 1. The van der Waals surface area contributed by atoms with Gasteiger partial charge in [-0.3, -0.25) is 0 Å². The zero-order chi connectivity index (χ0) is 12.2. The van der Waals surface area contributed by atoms with Crippen molar-refractivity contribution in [3.63, 3.8) is 0 Å². The van der Waals surface area contributed by atoms with E-state index in [1.54, 1.807) is 11.3 Å². The van der Waals surface area contributed by atoms with Crippen LogP contribution < -0.4 is 10.6 Å². The number of hydrogen-bond acceptors (Lipinski definition) is 4. The van der Waals surface area contributed by atoms with E-state index in [1.807, 2.05) is 0 Å². The van der Waals surface area contributed by atoms with E-state index in [9.17, 15) is 0 Å². The molecule has 0 spiro atoms. The Labute approximate surface area is 111 Å². The highest BCUT2D eigenvalue weighted by atomic mass is 32.1. The Morgan fingerprint density at radius 2 is 2.33 bits per heavy atom.